The fraction of sp³-hybridized carbons (Fsp3) is 0.148. The molecule has 0 unspecified atom stereocenters. The third-order valence-electron chi connectivity index (χ3n) is 5.76. The quantitative estimate of drug-likeness (QED) is 0.459. The molecule has 4 heteroatoms. The van der Waals surface area contributed by atoms with Crippen molar-refractivity contribution in [2.75, 3.05) is 7.05 Å². The molecular formula is C27H24N2O2. The third-order valence-corrected chi connectivity index (χ3v) is 5.76. The first kappa shape index (κ1) is 19.3. The van der Waals surface area contributed by atoms with E-state index in [9.17, 15) is 4.79 Å². The van der Waals surface area contributed by atoms with Gasteiger partial charge in [0.15, 0.2) is 0 Å². The van der Waals surface area contributed by atoms with Gasteiger partial charge < -0.3 is 14.6 Å². The van der Waals surface area contributed by atoms with E-state index in [0.29, 0.717) is 13.1 Å². The van der Waals surface area contributed by atoms with Crippen molar-refractivity contribution in [1.29, 1.82) is 0 Å². The third kappa shape index (κ3) is 3.78. The molecule has 31 heavy (non-hydrogen) atoms. The summed E-state index contributed by atoms with van der Waals surface area (Å²) in [6, 6.07) is 28.6. The van der Waals surface area contributed by atoms with Gasteiger partial charge in [-0.3, -0.25) is 4.79 Å². The highest BCUT2D eigenvalue weighted by Gasteiger charge is 2.27. The lowest BCUT2D eigenvalue weighted by Gasteiger charge is -2.12. The van der Waals surface area contributed by atoms with Gasteiger partial charge in [0.25, 0.3) is 5.91 Å². The van der Waals surface area contributed by atoms with Gasteiger partial charge in [0, 0.05) is 31.3 Å². The molecule has 0 bridgehead atoms. The highest BCUT2D eigenvalue weighted by molar-refractivity contribution is 6.01. The summed E-state index contributed by atoms with van der Waals surface area (Å²) >= 11 is 0. The molecule has 0 radical (unpaired) electrons. The molecule has 1 aliphatic rings. The molecule has 1 N–H and O–H groups in total. The zero-order chi connectivity index (χ0) is 21.2. The van der Waals surface area contributed by atoms with Crippen molar-refractivity contribution in [3.05, 3.63) is 107 Å². The minimum atomic E-state index is 0.0825. The molecule has 2 heterocycles. The lowest BCUT2D eigenvalue weighted by Crippen LogP contribution is -2.17. The van der Waals surface area contributed by atoms with Crippen LogP contribution in [0, 0.1) is 0 Å². The molecule has 5 rings (SSSR count). The molecule has 0 saturated carbocycles. The second-order valence-corrected chi connectivity index (χ2v) is 7.89. The first-order valence-electron chi connectivity index (χ1n) is 10.5. The maximum atomic E-state index is 12.4. The molecule has 4 nitrogen and oxygen atoms in total. The van der Waals surface area contributed by atoms with E-state index >= 15 is 0 Å². The van der Waals surface area contributed by atoms with Crippen molar-refractivity contribution < 1.29 is 9.21 Å². The van der Waals surface area contributed by atoms with E-state index in [1.54, 1.807) is 4.90 Å². The van der Waals surface area contributed by atoms with E-state index in [1.165, 1.54) is 5.56 Å². The van der Waals surface area contributed by atoms with E-state index in [-0.39, 0.29) is 5.91 Å². The van der Waals surface area contributed by atoms with E-state index in [4.69, 9.17) is 4.42 Å². The van der Waals surface area contributed by atoms with Crippen LogP contribution in [-0.4, -0.2) is 17.9 Å². The fourth-order valence-electron chi connectivity index (χ4n) is 4.20. The van der Waals surface area contributed by atoms with Crippen LogP contribution in [0.1, 0.15) is 27.2 Å². The van der Waals surface area contributed by atoms with E-state index in [1.807, 2.05) is 61.6 Å². The number of nitrogens with zero attached hydrogens (tertiary/aromatic N) is 1. The van der Waals surface area contributed by atoms with E-state index < -0.39 is 0 Å². The van der Waals surface area contributed by atoms with Crippen LogP contribution in [0.3, 0.4) is 0 Å². The topological polar surface area (TPSA) is 45.5 Å². The van der Waals surface area contributed by atoms with Crippen LogP contribution in [0.25, 0.3) is 22.5 Å². The number of carbonyl (C=O) groups is 1. The first-order chi connectivity index (χ1) is 15.2. The van der Waals surface area contributed by atoms with Crippen LogP contribution in [0.5, 0.6) is 0 Å². The number of fused-ring (bicyclic) bond motifs is 1. The molecule has 0 fully saturated rings. The monoisotopic (exact) mass is 408 g/mol. The molecule has 1 aromatic heterocycles. The second-order valence-electron chi connectivity index (χ2n) is 7.89. The Morgan fingerprint density at radius 1 is 0.774 bits per heavy atom. The number of hydrogen-bond acceptors (Lipinski definition) is 3. The maximum Gasteiger partial charge on any atom is 0.254 e. The number of furan rings is 1. The number of benzene rings is 3. The van der Waals surface area contributed by atoms with Crippen LogP contribution < -0.4 is 5.32 Å². The number of carbonyl (C=O) groups excluding carboxylic acids is 1. The summed E-state index contributed by atoms with van der Waals surface area (Å²) in [5.74, 6) is 1.82. The molecule has 0 spiro atoms. The van der Waals surface area contributed by atoms with Gasteiger partial charge in [-0.05, 0) is 40.5 Å². The van der Waals surface area contributed by atoms with Gasteiger partial charge >= 0.3 is 0 Å². The molecule has 0 saturated heterocycles. The average molecular weight is 409 g/mol. The summed E-state index contributed by atoms with van der Waals surface area (Å²) in [6.07, 6.45) is 0. The predicted octanol–water partition coefficient (Wildman–Crippen LogP) is 5.49. The van der Waals surface area contributed by atoms with Gasteiger partial charge in [-0.25, -0.2) is 0 Å². The highest BCUT2D eigenvalue weighted by Crippen LogP contribution is 2.38. The van der Waals surface area contributed by atoms with Gasteiger partial charge in [0.2, 0.25) is 0 Å². The molecule has 4 aromatic rings. The lowest BCUT2D eigenvalue weighted by molar-refractivity contribution is 0.0816. The number of rotatable bonds is 6. The van der Waals surface area contributed by atoms with Crippen molar-refractivity contribution in [3.63, 3.8) is 0 Å². The van der Waals surface area contributed by atoms with Gasteiger partial charge in [-0.1, -0.05) is 66.7 Å². The lowest BCUT2D eigenvalue weighted by atomic mass is 9.92. The fourth-order valence-corrected chi connectivity index (χ4v) is 4.20. The minimum absolute atomic E-state index is 0.0825. The molecule has 1 amide bonds. The Hall–Kier alpha value is -3.63. The molecule has 154 valence electrons. The Labute approximate surface area is 182 Å². The summed E-state index contributed by atoms with van der Waals surface area (Å²) in [6.45, 7) is 2.09. The molecule has 0 aliphatic carbocycles. The van der Waals surface area contributed by atoms with Crippen LogP contribution in [0.4, 0.5) is 0 Å². The Morgan fingerprint density at radius 2 is 1.48 bits per heavy atom. The average Bonchev–Trinajstić information content (AvgIpc) is 3.39. The maximum absolute atomic E-state index is 12.4. The summed E-state index contributed by atoms with van der Waals surface area (Å²) in [7, 11) is 1.85. The van der Waals surface area contributed by atoms with Crippen LogP contribution >= 0.6 is 0 Å². The zero-order valence-electron chi connectivity index (χ0n) is 17.5. The van der Waals surface area contributed by atoms with Crippen molar-refractivity contribution in [1.82, 2.24) is 10.2 Å². The Bertz CT molecular complexity index is 1230. The smallest absolute Gasteiger partial charge is 0.254 e. The highest BCUT2D eigenvalue weighted by atomic mass is 16.3. The van der Waals surface area contributed by atoms with Gasteiger partial charge in [-0.2, -0.15) is 0 Å². The van der Waals surface area contributed by atoms with Gasteiger partial charge in [0.05, 0.1) is 6.54 Å². The van der Waals surface area contributed by atoms with Crippen molar-refractivity contribution in [2.45, 2.75) is 19.6 Å². The minimum Gasteiger partial charge on any atom is -0.460 e. The molecule has 1 aliphatic heterocycles. The van der Waals surface area contributed by atoms with E-state index in [2.05, 4.69) is 35.6 Å². The summed E-state index contributed by atoms with van der Waals surface area (Å²) < 4.78 is 6.19. The largest absolute Gasteiger partial charge is 0.460 e. The second kappa shape index (κ2) is 8.25. The first-order valence-corrected chi connectivity index (χ1v) is 10.5. The molecular weight excluding hydrogens is 384 g/mol. The Kier molecular flexibility index (Phi) is 5.14. The number of hydrogen-bond donors (Lipinski definition) is 1. The Balaban J connectivity index is 1.41. The van der Waals surface area contributed by atoms with Crippen molar-refractivity contribution in [3.8, 4) is 22.5 Å². The van der Waals surface area contributed by atoms with Crippen molar-refractivity contribution >= 4 is 5.91 Å². The zero-order valence-corrected chi connectivity index (χ0v) is 17.5. The van der Waals surface area contributed by atoms with Gasteiger partial charge in [0.1, 0.15) is 11.5 Å². The van der Waals surface area contributed by atoms with Crippen molar-refractivity contribution in [2.24, 2.45) is 0 Å². The number of amides is 1. The van der Waals surface area contributed by atoms with Crippen LogP contribution in [0.2, 0.25) is 0 Å². The summed E-state index contributed by atoms with van der Waals surface area (Å²) in [5.41, 5.74) is 6.33. The number of nitrogens with one attached hydrogen (secondary N) is 1. The Morgan fingerprint density at radius 3 is 2.32 bits per heavy atom. The SMILES string of the molecule is CN1Cc2c(cccc2-c2ccccc2-c2ccc(CNCc3ccccc3)o2)C1=O. The van der Waals surface area contributed by atoms with E-state index in [0.717, 1.165) is 45.9 Å². The summed E-state index contributed by atoms with van der Waals surface area (Å²) in [4.78, 5) is 14.2. The normalized spacial score (nSPS) is 12.9. The molecule has 0 atom stereocenters. The standard InChI is InChI=1S/C27H24N2O2/c1-29-18-25-22(12-7-13-24(25)27(29)30)21-10-5-6-11-23(21)26-15-14-20(31-26)17-28-16-19-8-3-2-4-9-19/h2-15,28H,16-18H2,1H3. The van der Waals surface area contributed by atoms with Crippen LogP contribution in [0.15, 0.2) is 89.3 Å². The summed E-state index contributed by atoms with van der Waals surface area (Å²) in [5, 5.41) is 3.44. The van der Waals surface area contributed by atoms with Crippen LogP contribution in [-0.2, 0) is 19.6 Å². The molecule has 3 aromatic carbocycles. The van der Waals surface area contributed by atoms with Gasteiger partial charge in [-0.15, -0.1) is 0 Å². The predicted molar refractivity (Wildman–Crippen MR) is 122 cm³/mol.